The van der Waals surface area contributed by atoms with E-state index in [1.807, 2.05) is 0 Å². The van der Waals surface area contributed by atoms with Gasteiger partial charge in [-0.2, -0.15) is 0 Å². The zero-order chi connectivity index (χ0) is 22.0. The molecule has 1 aromatic carbocycles. The van der Waals surface area contributed by atoms with Crippen molar-refractivity contribution in [2.45, 2.75) is 96.9 Å². The molecule has 166 valence electrons. The van der Waals surface area contributed by atoms with Crippen LogP contribution < -0.4 is 5.32 Å². The molecule has 0 aliphatic rings. The van der Waals surface area contributed by atoms with Crippen LogP contribution in [-0.2, 0) is 9.53 Å². The smallest absolute Gasteiger partial charge is 0.328 e. The molecule has 0 saturated carbocycles. The minimum atomic E-state index is -0.699. The fourth-order valence-electron chi connectivity index (χ4n) is 3.27. The summed E-state index contributed by atoms with van der Waals surface area (Å²) in [4.78, 5) is 27.5. The van der Waals surface area contributed by atoms with Gasteiger partial charge in [0.2, 0.25) is 0 Å². The van der Waals surface area contributed by atoms with E-state index in [4.69, 9.17) is 11.3 Å². The lowest BCUT2D eigenvalue weighted by atomic mass is 10.1. The van der Waals surface area contributed by atoms with Crippen LogP contribution >= 0.6 is 0 Å². The number of carbonyl (C=O) groups is 2. The minimum absolute atomic E-state index is 0.346. The quantitative estimate of drug-likeness (QED) is 0.188. The molecular weight excluding hydrogens is 376 g/mol. The molecule has 1 rings (SSSR count). The Morgan fingerprint density at radius 3 is 1.90 bits per heavy atom. The second-order valence-electron chi connectivity index (χ2n) is 7.91. The monoisotopic (exact) mass is 414 g/mol. The van der Waals surface area contributed by atoms with Gasteiger partial charge >= 0.3 is 5.97 Å². The molecule has 5 nitrogen and oxygen atoms in total. The van der Waals surface area contributed by atoms with Crippen molar-refractivity contribution < 1.29 is 14.3 Å². The van der Waals surface area contributed by atoms with Crippen LogP contribution in [0.4, 0.5) is 5.69 Å². The second kappa shape index (κ2) is 16.4. The summed E-state index contributed by atoms with van der Waals surface area (Å²) >= 11 is 0. The maximum absolute atomic E-state index is 12.2. The SMILES string of the molecule is [C-]#[N+]c1ccc(C(=O)N[C@@H](C)C(=O)OCCCCCCCCCCCCCC)cc1. The number of benzene rings is 1. The molecule has 0 spiro atoms. The highest BCUT2D eigenvalue weighted by molar-refractivity contribution is 5.96. The standard InChI is InChI=1S/C25H38N2O3/c1-4-5-6-7-8-9-10-11-12-13-14-15-20-30-25(29)21(2)27-24(28)22-16-18-23(26-3)19-17-22/h16-19,21H,4-15,20H2,1-2H3,(H,27,28)/t21-/m0/s1. The van der Waals surface area contributed by atoms with Crippen molar-refractivity contribution in [3.63, 3.8) is 0 Å². The molecule has 0 aliphatic heterocycles. The van der Waals surface area contributed by atoms with Crippen LogP contribution in [0.3, 0.4) is 0 Å². The molecule has 1 aromatic rings. The van der Waals surface area contributed by atoms with Crippen LogP contribution in [0.5, 0.6) is 0 Å². The molecule has 30 heavy (non-hydrogen) atoms. The Morgan fingerprint density at radius 2 is 1.40 bits per heavy atom. The van der Waals surface area contributed by atoms with E-state index in [-0.39, 0.29) is 5.91 Å². The van der Waals surface area contributed by atoms with E-state index >= 15 is 0 Å². The van der Waals surface area contributed by atoms with Crippen molar-refractivity contribution in [1.29, 1.82) is 0 Å². The lowest BCUT2D eigenvalue weighted by Gasteiger charge is -2.13. The van der Waals surface area contributed by atoms with Crippen LogP contribution in [-0.4, -0.2) is 24.5 Å². The van der Waals surface area contributed by atoms with E-state index in [1.165, 1.54) is 64.2 Å². The van der Waals surface area contributed by atoms with Gasteiger partial charge in [0.25, 0.3) is 5.91 Å². The molecule has 0 saturated heterocycles. The van der Waals surface area contributed by atoms with Crippen LogP contribution in [0.25, 0.3) is 4.85 Å². The highest BCUT2D eigenvalue weighted by Gasteiger charge is 2.17. The third-order valence-corrected chi connectivity index (χ3v) is 5.20. The van der Waals surface area contributed by atoms with Gasteiger partial charge in [-0.15, -0.1) is 0 Å². The van der Waals surface area contributed by atoms with E-state index in [1.54, 1.807) is 31.2 Å². The van der Waals surface area contributed by atoms with E-state index in [0.29, 0.717) is 17.9 Å². The van der Waals surface area contributed by atoms with Gasteiger partial charge in [0.1, 0.15) is 6.04 Å². The zero-order valence-corrected chi connectivity index (χ0v) is 18.8. The number of hydrogen-bond acceptors (Lipinski definition) is 3. The summed E-state index contributed by atoms with van der Waals surface area (Å²) in [5.74, 6) is -0.759. The van der Waals surface area contributed by atoms with Gasteiger partial charge in [-0.25, -0.2) is 9.64 Å². The highest BCUT2D eigenvalue weighted by atomic mass is 16.5. The first-order chi connectivity index (χ1) is 14.6. The average Bonchev–Trinajstić information content (AvgIpc) is 2.76. The highest BCUT2D eigenvalue weighted by Crippen LogP contribution is 2.13. The Bertz CT molecular complexity index is 649. The molecule has 0 radical (unpaired) electrons. The Morgan fingerprint density at radius 1 is 0.900 bits per heavy atom. The van der Waals surface area contributed by atoms with Gasteiger partial charge < -0.3 is 10.1 Å². The van der Waals surface area contributed by atoms with Crippen LogP contribution in [0.2, 0.25) is 0 Å². The summed E-state index contributed by atoms with van der Waals surface area (Å²) in [6, 6.07) is 5.62. The summed E-state index contributed by atoms with van der Waals surface area (Å²) in [5, 5.41) is 2.64. The molecule has 1 atom stereocenters. The number of nitrogens with zero attached hydrogens (tertiary/aromatic N) is 1. The van der Waals surface area contributed by atoms with Crippen molar-refractivity contribution in [3.8, 4) is 0 Å². The number of ether oxygens (including phenoxy) is 1. The summed E-state index contributed by atoms with van der Waals surface area (Å²) in [7, 11) is 0. The Labute approximate surface area is 182 Å². The van der Waals surface area contributed by atoms with E-state index in [0.717, 1.165) is 12.8 Å². The predicted octanol–water partition coefficient (Wildman–Crippen LogP) is 6.60. The fourth-order valence-corrected chi connectivity index (χ4v) is 3.27. The van der Waals surface area contributed by atoms with Crippen LogP contribution in [0, 0.1) is 6.57 Å². The number of hydrogen-bond donors (Lipinski definition) is 1. The predicted molar refractivity (Wildman–Crippen MR) is 122 cm³/mol. The van der Waals surface area contributed by atoms with Crippen LogP contribution in [0.15, 0.2) is 24.3 Å². The summed E-state index contributed by atoms with van der Waals surface area (Å²) in [6.07, 6.45) is 15.2. The van der Waals surface area contributed by atoms with Crippen molar-refractivity contribution in [3.05, 3.63) is 41.2 Å². The first-order valence-corrected chi connectivity index (χ1v) is 11.5. The van der Waals surface area contributed by atoms with Crippen molar-refractivity contribution in [2.24, 2.45) is 0 Å². The van der Waals surface area contributed by atoms with Gasteiger partial charge in [0, 0.05) is 5.56 Å². The zero-order valence-electron chi connectivity index (χ0n) is 18.8. The van der Waals surface area contributed by atoms with Crippen LogP contribution in [0.1, 0.15) is 101 Å². The number of amides is 1. The van der Waals surface area contributed by atoms with E-state index < -0.39 is 12.0 Å². The molecule has 0 bridgehead atoms. The van der Waals surface area contributed by atoms with Gasteiger partial charge in [0.05, 0.1) is 13.2 Å². The van der Waals surface area contributed by atoms with Gasteiger partial charge in [-0.05, 0) is 13.3 Å². The van der Waals surface area contributed by atoms with Gasteiger partial charge in [-0.3, -0.25) is 4.79 Å². The van der Waals surface area contributed by atoms with Gasteiger partial charge in [-0.1, -0.05) is 102 Å². The second-order valence-corrected chi connectivity index (χ2v) is 7.91. The summed E-state index contributed by atoms with van der Waals surface area (Å²) in [6.45, 7) is 11.2. The fraction of sp³-hybridized carbons (Fsp3) is 0.640. The number of rotatable bonds is 16. The first kappa shape index (κ1) is 25.7. The number of unbranched alkanes of at least 4 members (excludes halogenated alkanes) is 11. The maximum atomic E-state index is 12.2. The average molecular weight is 415 g/mol. The molecule has 1 amide bonds. The van der Waals surface area contributed by atoms with Gasteiger partial charge in [0.15, 0.2) is 5.69 Å². The molecular formula is C25H38N2O3. The minimum Gasteiger partial charge on any atom is -0.464 e. The Balaban J connectivity index is 2.03. The lowest BCUT2D eigenvalue weighted by Crippen LogP contribution is -2.39. The molecule has 0 aliphatic carbocycles. The molecule has 0 aromatic heterocycles. The van der Waals surface area contributed by atoms with Crippen molar-refractivity contribution in [2.75, 3.05) is 6.61 Å². The maximum Gasteiger partial charge on any atom is 0.328 e. The molecule has 0 heterocycles. The largest absolute Gasteiger partial charge is 0.464 e. The topological polar surface area (TPSA) is 59.8 Å². The van der Waals surface area contributed by atoms with Crippen molar-refractivity contribution >= 4 is 17.6 Å². The van der Waals surface area contributed by atoms with E-state index in [9.17, 15) is 9.59 Å². The number of esters is 1. The number of carbonyl (C=O) groups excluding carboxylic acids is 2. The third kappa shape index (κ3) is 11.6. The molecule has 0 unspecified atom stereocenters. The Hall–Kier alpha value is -2.35. The first-order valence-electron chi connectivity index (χ1n) is 11.5. The normalized spacial score (nSPS) is 11.5. The van der Waals surface area contributed by atoms with E-state index in [2.05, 4.69) is 17.1 Å². The summed E-state index contributed by atoms with van der Waals surface area (Å²) in [5.41, 5.74) is 0.893. The molecule has 5 heteroatoms. The summed E-state index contributed by atoms with van der Waals surface area (Å²) < 4.78 is 5.28. The molecule has 0 fully saturated rings. The van der Waals surface area contributed by atoms with Crippen molar-refractivity contribution in [1.82, 2.24) is 5.32 Å². The Kier molecular flexibility index (Phi) is 14.1. The number of nitrogens with one attached hydrogen (secondary N) is 1. The molecule has 1 N–H and O–H groups in total. The third-order valence-electron chi connectivity index (χ3n) is 5.20. The lowest BCUT2D eigenvalue weighted by molar-refractivity contribution is -0.145.